The van der Waals surface area contributed by atoms with Gasteiger partial charge in [0.1, 0.15) is 5.70 Å². The Morgan fingerprint density at radius 3 is 2.20 bits per heavy atom. The summed E-state index contributed by atoms with van der Waals surface area (Å²) in [6, 6.07) is 0. The minimum Gasteiger partial charge on any atom is -0.249 e. The first-order valence-electron chi connectivity index (χ1n) is 4.40. The van der Waals surface area contributed by atoms with Crippen LogP contribution < -0.4 is 0 Å². The van der Waals surface area contributed by atoms with E-state index in [2.05, 4.69) is 11.6 Å². The Bertz CT molecular complexity index is 319. The van der Waals surface area contributed by atoms with Gasteiger partial charge in [-0.1, -0.05) is 24.8 Å². The second-order valence-electron chi connectivity index (χ2n) is 3.02. The summed E-state index contributed by atoms with van der Waals surface area (Å²) in [4.78, 5) is 3.40. The van der Waals surface area contributed by atoms with Gasteiger partial charge in [0.25, 0.3) is 0 Å². The van der Waals surface area contributed by atoms with Crippen LogP contribution >= 0.6 is 0 Å². The van der Waals surface area contributed by atoms with E-state index >= 15 is 0 Å². The Hall–Kier alpha value is -1.32. The summed E-state index contributed by atoms with van der Waals surface area (Å²) < 4.78 is 36.3. The van der Waals surface area contributed by atoms with Gasteiger partial charge >= 0.3 is 6.18 Å². The highest BCUT2D eigenvalue weighted by atomic mass is 19.4. The van der Waals surface area contributed by atoms with E-state index in [1.165, 1.54) is 6.92 Å². The molecule has 0 aromatic carbocycles. The molecular weight excluding hydrogens is 203 g/mol. The van der Waals surface area contributed by atoms with Crippen LogP contribution in [0.5, 0.6) is 0 Å². The number of hydrogen-bond donors (Lipinski definition) is 0. The van der Waals surface area contributed by atoms with Crippen LogP contribution in [0.25, 0.3) is 0 Å². The molecule has 0 aromatic rings. The molecule has 0 spiro atoms. The van der Waals surface area contributed by atoms with Crippen molar-refractivity contribution in [1.82, 2.24) is 0 Å². The van der Waals surface area contributed by atoms with Gasteiger partial charge in [0.2, 0.25) is 0 Å². The summed E-state index contributed by atoms with van der Waals surface area (Å²) >= 11 is 0. The van der Waals surface area contributed by atoms with E-state index in [9.17, 15) is 13.2 Å². The number of aliphatic imine (C=N–C) groups is 1. The fraction of sp³-hybridized carbons (Fsp3) is 0.364. The maximum absolute atomic E-state index is 12.1. The highest BCUT2D eigenvalue weighted by Crippen LogP contribution is 2.25. The topological polar surface area (TPSA) is 12.4 Å². The van der Waals surface area contributed by atoms with Gasteiger partial charge in [-0.2, -0.15) is 13.2 Å². The lowest BCUT2D eigenvalue weighted by atomic mass is 10.2. The standard InChI is InChI=1S/C11H14F3N/c1-5-6-7-8(2)9(3)15-10(4)11(12,13)14/h5-7H,4H2,1-3H3/b6-5+,8-7-,15-9-. The van der Waals surface area contributed by atoms with E-state index in [-0.39, 0.29) is 0 Å². The van der Waals surface area contributed by atoms with Crippen molar-refractivity contribution in [1.29, 1.82) is 0 Å². The molecule has 0 bridgehead atoms. The van der Waals surface area contributed by atoms with Crippen LogP contribution in [-0.4, -0.2) is 11.9 Å². The summed E-state index contributed by atoms with van der Waals surface area (Å²) in [7, 11) is 0. The molecule has 15 heavy (non-hydrogen) atoms. The van der Waals surface area contributed by atoms with Crippen molar-refractivity contribution in [3.8, 4) is 0 Å². The van der Waals surface area contributed by atoms with Crippen LogP contribution in [0, 0.1) is 0 Å². The predicted octanol–water partition coefficient (Wildman–Crippen LogP) is 4.05. The summed E-state index contributed by atoms with van der Waals surface area (Å²) in [5.74, 6) is 0. The van der Waals surface area contributed by atoms with Gasteiger partial charge in [-0.15, -0.1) is 0 Å². The molecule has 0 aliphatic rings. The molecule has 4 heteroatoms. The molecule has 0 saturated heterocycles. The van der Waals surface area contributed by atoms with Crippen LogP contribution in [0.4, 0.5) is 13.2 Å². The smallest absolute Gasteiger partial charge is 0.249 e. The van der Waals surface area contributed by atoms with Gasteiger partial charge in [0.15, 0.2) is 0 Å². The molecule has 84 valence electrons. The highest BCUT2D eigenvalue weighted by Gasteiger charge is 2.31. The molecule has 0 aliphatic heterocycles. The highest BCUT2D eigenvalue weighted by molar-refractivity contribution is 5.98. The van der Waals surface area contributed by atoms with Gasteiger partial charge in [0.05, 0.1) is 0 Å². The van der Waals surface area contributed by atoms with Crippen molar-refractivity contribution in [3.05, 3.63) is 36.1 Å². The summed E-state index contributed by atoms with van der Waals surface area (Å²) in [6.45, 7) is 7.91. The molecule has 0 atom stereocenters. The molecular formula is C11H14F3N. The quantitative estimate of drug-likeness (QED) is 0.499. The molecule has 0 fully saturated rings. The first-order valence-corrected chi connectivity index (χ1v) is 4.40. The molecule has 0 unspecified atom stereocenters. The van der Waals surface area contributed by atoms with Gasteiger partial charge in [-0.25, -0.2) is 4.99 Å². The lowest BCUT2D eigenvalue weighted by molar-refractivity contribution is -0.0919. The summed E-state index contributed by atoms with van der Waals surface area (Å²) in [5.41, 5.74) is -0.0813. The van der Waals surface area contributed by atoms with Crippen molar-refractivity contribution >= 4 is 5.71 Å². The molecule has 0 rings (SSSR count). The zero-order valence-corrected chi connectivity index (χ0v) is 9.02. The Labute approximate surface area is 87.7 Å². The van der Waals surface area contributed by atoms with Crippen LogP contribution in [0.1, 0.15) is 20.8 Å². The average Bonchev–Trinajstić information content (AvgIpc) is 2.12. The molecule has 0 N–H and O–H groups in total. The van der Waals surface area contributed by atoms with Crippen LogP contribution in [0.15, 0.2) is 41.1 Å². The molecule has 0 aliphatic carbocycles. The fourth-order valence-electron chi connectivity index (χ4n) is 0.715. The van der Waals surface area contributed by atoms with Gasteiger partial charge in [-0.05, 0) is 26.3 Å². The first-order chi connectivity index (χ1) is 6.79. The largest absolute Gasteiger partial charge is 0.432 e. The van der Waals surface area contributed by atoms with Crippen LogP contribution in [0.2, 0.25) is 0 Å². The number of rotatable bonds is 3. The number of alkyl halides is 3. The van der Waals surface area contributed by atoms with E-state index in [4.69, 9.17) is 0 Å². The first kappa shape index (κ1) is 13.7. The lowest BCUT2D eigenvalue weighted by Gasteiger charge is -2.06. The minimum atomic E-state index is -4.46. The minimum absolute atomic E-state index is 0.315. The Kier molecular flexibility index (Phi) is 5.05. The molecule has 1 nitrogen and oxygen atoms in total. The van der Waals surface area contributed by atoms with Gasteiger partial charge in [-0.3, -0.25) is 0 Å². The average molecular weight is 217 g/mol. The third-order valence-electron chi connectivity index (χ3n) is 1.74. The summed E-state index contributed by atoms with van der Waals surface area (Å²) in [5, 5.41) is 0. The van der Waals surface area contributed by atoms with Crippen molar-refractivity contribution in [2.45, 2.75) is 26.9 Å². The zero-order valence-electron chi connectivity index (χ0n) is 9.02. The summed E-state index contributed by atoms with van der Waals surface area (Å²) in [6.07, 6.45) is 0.769. The van der Waals surface area contributed by atoms with E-state index in [1.54, 1.807) is 25.2 Å². The van der Waals surface area contributed by atoms with Crippen molar-refractivity contribution in [2.24, 2.45) is 4.99 Å². The SMILES string of the molecule is C=C(\N=C(C)/C(C)=C\C=C\C)C(F)(F)F. The number of halogens is 3. The number of nitrogens with zero attached hydrogens (tertiary/aromatic N) is 1. The van der Waals surface area contributed by atoms with Crippen molar-refractivity contribution < 1.29 is 13.2 Å². The second-order valence-corrected chi connectivity index (χ2v) is 3.02. The van der Waals surface area contributed by atoms with Crippen molar-refractivity contribution in [2.75, 3.05) is 0 Å². The number of hydrogen-bond acceptors (Lipinski definition) is 1. The Balaban J connectivity index is 4.79. The van der Waals surface area contributed by atoms with Crippen LogP contribution in [-0.2, 0) is 0 Å². The zero-order chi connectivity index (χ0) is 12.1. The molecule has 0 heterocycles. The Morgan fingerprint density at radius 1 is 1.27 bits per heavy atom. The monoisotopic (exact) mass is 217 g/mol. The lowest BCUT2D eigenvalue weighted by Crippen LogP contribution is -2.10. The number of allylic oxidation sites excluding steroid dienone is 5. The molecule has 0 radical (unpaired) electrons. The second kappa shape index (κ2) is 5.53. The Morgan fingerprint density at radius 2 is 1.80 bits per heavy atom. The third kappa shape index (κ3) is 5.20. The molecule has 0 saturated carbocycles. The van der Waals surface area contributed by atoms with Crippen molar-refractivity contribution in [3.63, 3.8) is 0 Å². The van der Waals surface area contributed by atoms with E-state index in [1.807, 2.05) is 6.92 Å². The third-order valence-corrected chi connectivity index (χ3v) is 1.74. The fourth-order valence-corrected chi connectivity index (χ4v) is 0.715. The normalized spacial score (nSPS) is 14.8. The van der Waals surface area contributed by atoms with Crippen LogP contribution in [0.3, 0.4) is 0 Å². The van der Waals surface area contributed by atoms with E-state index in [0.717, 1.165) is 0 Å². The predicted molar refractivity (Wildman–Crippen MR) is 56.9 cm³/mol. The van der Waals surface area contributed by atoms with Gasteiger partial charge < -0.3 is 0 Å². The molecule has 0 amide bonds. The van der Waals surface area contributed by atoms with E-state index < -0.39 is 11.9 Å². The van der Waals surface area contributed by atoms with Gasteiger partial charge in [0, 0.05) is 5.71 Å². The maximum Gasteiger partial charge on any atom is 0.432 e. The van der Waals surface area contributed by atoms with E-state index in [0.29, 0.717) is 11.3 Å². The molecule has 0 aromatic heterocycles. The maximum atomic E-state index is 12.1.